The van der Waals surface area contributed by atoms with E-state index in [-0.39, 0.29) is 6.10 Å². The van der Waals surface area contributed by atoms with Gasteiger partial charge >= 0.3 is 176 Å². The molecule has 0 spiro atoms. The van der Waals surface area contributed by atoms with E-state index >= 15 is 0 Å². The van der Waals surface area contributed by atoms with Crippen LogP contribution >= 0.6 is 7.26 Å². The summed E-state index contributed by atoms with van der Waals surface area (Å²) in [5.74, 6) is 1.24. The predicted octanol–water partition coefficient (Wildman–Crippen LogP) is 5.92. The molecule has 0 saturated carbocycles. The van der Waals surface area contributed by atoms with Crippen LogP contribution in [-0.4, -0.2) is 6.10 Å². The van der Waals surface area contributed by atoms with Crippen LogP contribution < -0.4 is 15.9 Å². The number of rotatable bonds is 6. The molecular formula is C27H31OP. The molecular weight excluding hydrogens is 371 g/mol. The molecule has 0 saturated heterocycles. The third-order valence-corrected chi connectivity index (χ3v) is 10.9. The van der Waals surface area contributed by atoms with Crippen molar-refractivity contribution in [1.29, 1.82) is 0 Å². The van der Waals surface area contributed by atoms with Crippen molar-refractivity contribution in [2.24, 2.45) is 0 Å². The molecule has 0 fully saturated rings. The molecule has 0 amide bonds. The van der Waals surface area contributed by atoms with E-state index in [1.807, 2.05) is 0 Å². The summed E-state index contributed by atoms with van der Waals surface area (Å²) in [5, 5.41) is 5.89. The molecule has 3 aromatic carbocycles. The zero-order chi connectivity index (χ0) is 20.1. The molecule has 4 rings (SSSR count). The predicted molar refractivity (Wildman–Crippen MR) is 128 cm³/mol. The summed E-state index contributed by atoms with van der Waals surface area (Å²) in [5.41, 5.74) is 0. The SMILES string of the molecule is CC(C)OC1=C([PH](c2ccccc2)(c2ccccc2)c2ccccc2)CCCC1. The van der Waals surface area contributed by atoms with Crippen LogP contribution in [0.2, 0.25) is 0 Å². The van der Waals surface area contributed by atoms with Gasteiger partial charge in [0.05, 0.1) is 0 Å². The van der Waals surface area contributed by atoms with Gasteiger partial charge in [0.2, 0.25) is 0 Å². The van der Waals surface area contributed by atoms with E-state index in [0.29, 0.717) is 0 Å². The Morgan fingerprint density at radius 1 is 0.621 bits per heavy atom. The number of hydrogen-bond acceptors (Lipinski definition) is 1. The fourth-order valence-corrected chi connectivity index (χ4v) is 10.1. The summed E-state index contributed by atoms with van der Waals surface area (Å²) < 4.78 is 6.49. The van der Waals surface area contributed by atoms with Crippen LogP contribution in [0.4, 0.5) is 0 Å². The van der Waals surface area contributed by atoms with Crippen molar-refractivity contribution in [1.82, 2.24) is 0 Å². The third kappa shape index (κ3) is 3.89. The molecule has 1 aliphatic carbocycles. The van der Waals surface area contributed by atoms with Crippen LogP contribution in [0, 0.1) is 0 Å². The molecule has 0 atom stereocenters. The van der Waals surface area contributed by atoms with E-state index in [4.69, 9.17) is 4.74 Å². The Morgan fingerprint density at radius 3 is 1.45 bits per heavy atom. The summed E-state index contributed by atoms with van der Waals surface area (Å²) >= 11 is 0. The second-order valence-corrected chi connectivity index (χ2v) is 12.0. The number of ether oxygens (including phenoxy) is 1. The molecule has 29 heavy (non-hydrogen) atoms. The Kier molecular flexibility index (Phi) is 6.16. The van der Waals surface area contributed by atoms with Gasteiger partial charge in [0, 0.05) is 0 Å². The number of hydrogen-bond donors (Lipinski definition) is 0. The molecule has 0 bridgehead atoms. The van der Waals surface area contributed by atoms with Crippen LogP contribution in [-0.2, 0) is 4.74 Å². The van der Waals surface area contributed by atoms with Gasteiger partial charge in [-0.25, -0.2) is 0 Å². The maximum atomic E-state index is 6.49. The first-order chi connectivity index (χ1) is 14.2. The topological polar surface area (TPSA) is 9.23 Å². The molecule has 150 valence electrons. The fourth-order valence-electron chi connectivity index (χ4n) is 4.78. The van der Waals surface area contributed by atoms with Crippen molar-refractivity contribution in [3.63, 3.8) is 0 Å². The Bertz CT molecular complexity index is 849. The molecule has 0 N–H and O–H groups in total. The van der Waals surface area contributed by atoms with E-state index in [1.54, 1.807) is 5.31 Å². The molecule has 2 heteroatoms. The molecule has 0 aromatic heterocycles. The van der Waals surface area contributed by atoms with Gasteiger partial charge in [-0.2, -0.15) is 0 Å². The van der Waals surface area contributed by atoms with Gasteiger partial charge in [0.15, 0.2) is 0 Å². The summed E-state index contributed by atoms with van der Waals surface area (Å²) in [7, 11) is -2.40. The average molecular weight is 403 g/mol. The van der Waals surface area contributed by atoms with Gasteiger partial charge in [-0.15, -0.1) is 0 Å². The number of benzene rings is 3. The second kappa shape index (κ2) is 8.97. The van der Waals surface area contributed by atoms with Crippen molar-refractivity contribution >= 4 is 23.2 Å². The van der Waals surface area contributed by atoms with Gasteiger partial charge in [-0.1, -0.05) is 0 Å². The maximum absolute atomic E-state index is 6.49. The normalized spacial score (nSPS) is 15.4. The van der Waals surface area contributed by atoms with E-state index < -0.39 is 7.26 Å². The molecule has 1 nitrogen and oxygen atoms in total. The first-order valence-corrected chi connectivity index (χ1v) is 12.8. The van der Waals surface area contributed by atoms with Crippen molar-refractivity contribution in [2.75, 3.05) is 0 Å². The van der Waals surface area contributed by atoms with Crippen LogP contribution in [0.5, 0.6) is 0 Å². The van der Waals surface area contributed by atoms with E-state index in [1.165, 1.54) is 34.5 Å². The first-order valence-electron chi connectivity index (χ1n) is 10.8. The third-order valence-electron chi connectivity index (χ3n) is 5.87. The average Bonchev–Trinajstić information content (AvgIpc) is 2.77. The summed E-state index contributed by atoms with van der Waals surface area (Å²) in [6.07, 6.45) is 4.82. The molecule has 0 aliphatic heterocycles. The Labute approximate surface area is 175 Å². The van der Waals surface area contributed by atoms with E-state index in [2.05, 4.69) is 105 Å². The first kappa shape index (κ1) is 19.9. The van der Waals surface area contributed by atoms with Crippen molar-refractivity contribution in [3.05, 3.63) is 102 Å². The van der Waals surface area contributed by atoms with Gasteiger partial charge in [0.1, 0.15) is 0 Å². The summed E-state index contributed by atoms with van der Waals surface area (Å²) in [6, 6.07) is 33.5. The van der Waals surface area contributed by atoms with E-state index in [0.717, 1.165) is 12.8 Å². The van der Waals surface area contributed by atoms with Crippen LogP contribution in [0.1, 0.15) is 39.5 Å². The standard InChI is InChI=1S/C27H31OP/c1-22(2)28-26-20-12-13-21-27(26)29(23-14-6-3-7-15-23,24-16-8-4-9-17-24)25-18-10-5-11-19-25/h3-11,14-19,22,29H,12-13,20-21H2,1-2H3. The molecule has 0 radical (unpaired) electrons. The van der Waals surface area contributed by atoms with Crippen LogP contribution in [0.3, 0.4) is 0 Å². The monoisotopic (exact) mass is 402 g/mol. The Morgan fingerprint density at radius 2 is 1.03 bits per heavy atom. The van der Waals surface area contributed by atoms with Gasteiger partial charge < -0.3 is 0 Å². The van der Waals surface area contributed by atoms with E-state index in [9.17, 15) is 0 Å². The van der Waals surface area contributed by atoms with Crippen molar-refractivity contribution < 1.29 is 4.74 Å². The van der Waals surface area contributed by atoms with Crippen molar-refractivity contribution in [3.8, 4) is 0 Å². The minimum atomic E-state index is -2.40. The summed E-state index contributed by atoms with van der Waals surface area (Å²) in [4.78, 5) is 0. The molecule has 1 aliphatic rings. The van der Waals surface area contributed by atoms with Crippen LogP contribution in [0.25, 0.3) is 0 Å². The zero-order valence-electron chi connectivity index (χ0n) is 17.5. The number of allylic oxidation sites excluding steroid dienone is 2. The molecule has 3 aromatic rings. The van der Waals surface area contributed by atoms with Crippen molar-refractivity contribution in [2.45, 2.75) is 45.6 Å². The van der Waals surface area contributed by atoms with Gasteiger partial charge in [0.25, 0.3) is 0 Å². The van der Waals surface area contributed by atoms with Gasteiger partial charge in [-0.05, 0) is 0 Å². The Hall–Kier alpha value is -2.37. The Balaban J connectivity index is 2.09. The quantitative estimate of drug-likeness (QED) is 0.465. The molecule has 0 unspecified atom stereocenters. The zero-order valence-corrected chi connectivity index (χ0v) is 18.5. The molecule has 0 heterocycles. The van der Waals surface area contributed by atoms with Crippen LogP contribution in [0.15, 0.2) is 102 Å². The second-order valence-electron chi connectivity index (χ2n) is 8.12. The summed E-state index contributed by atoms with van der Waals surface area (Å²) in [6.45, 7) is 4.30. The minimum absolute atomic E-state index is 0.201. The fraction of sp³-hybridized carbons (Fsp3) is 0.259. The van der Waals surface area contributed by atoms with Gasteiger partial charge in [-0.3, -0.25) is 0 Å².